The fraction of sp³-hybridized carbons (Fsp3) is 0.308. The number of hydrogen-bond acceptors (Lipinski definition) is 3. The number of fused-ring (bicyclic) bond motifs is 1. The van der Waals surface area contributed by atoms with E-state index >= 15 is 0 Å². The molecule has 0 N–H and O–H groups in total. The van der Waals surface area contributed by atoms with Crippen LogP contribution in [0.15, 0.2) is 33.5 Å². The van der Waals surface area contributed by atoms with Crippen LogP contribution < -0.4 is 10.2 Å². The molecule has 0 amide bonds. The van der Waals surface area contributed by atoms with Gasteiger partial charge in [-0.2, -0.15) is 0 Å². The van der Waals surface area contributed by atoms with E-state index in [4.69, 9.17) is 9.15 Å². The van der Waals surface area contributed by atoms with E-state index in [0.29, 0.717) is 16.7 Å². The Balaban J connectivity index is 2.57. The third-order valence-corrected chi connectivity index (χ3v) is 2.20. The molecule has 0 aliphatic rings. The van der Waals surface area contributed by atoms with Gasteiger partial charge in [0.1, 0.15) is 17.1 Å². The Morgan fingerprint density at radius 1 is 1.25 bits per heavy atom. The highest BCUT2D eigenvalue weighted by molar-refractivity contribution is 5.77. The highest BCUT2D eigenvalue weighted by Crippen LogP contribution is 2.20. The van der Waals surface area contributed by atoms with E-state index in [-0.39, 0.29) is 11.5 Å². The van der Waals surface area contributed by atoms with Crippen molar-refractivity contribution in [3.63, 3.8) is 0 Å². The normalized spacial score (nSPS) is 11.0. The summed E-state index contributed by atoms with van der Waals surface area (Å²) < 4.78 is 11.0. The molecular weight excluding hydrogens is 204 g/mol. The molecule has 0 fully saturated rings. The average Bonchev–Trinajstić information content (AvgIpc) is 2.15. The van der Waals surface area contributed by atoms with Gasteiger partial charge in [-0.05, 0) is 32.9 Å². The van der Waals surface area contributed by atoms with Crippen LogP contribution in [0.1, 0.15) is 19.6 Å². The van der Waals surface area contributed by atoms with Gasteiger partial charge < -0.3 is 9.15 Å². The van der Waals surface area contributed by atoms with E-state index in [1.54, 1.807) is 25.1 Å². The van der Waals surface area contributed by atoms with Crippen LogP contribution in [0.3, 0.4) is 0 Å². The van der Waals surface area contributed by atoms with Crippen molar-refractivity contribution in [2.24, 2.45) is 0 Å². The van der Waals surface area contributed by atoms with Gasteiger partial charge in [-0.3, -0.25) is 4.79 Å². The minimum atomic E-state index is -0.0187. The monoisotopic (exact) mass is 218 g/mol. The molecule has 84 valence electrons. The van der Waals surface area contributed by atoms with Gasteiger partial charge in [0.05, 0.1) is 11.5 Å². The van der Waals surface area contributed by atoms with Crippen LogP contribution in [0.25, 0.3) is 11.0 Å². The van der Waals surface area contributed by atoms with Crippen LogP contribution in [0.4, 0.5) is 0 Å². The minimum Gasteiger partial charge on any atom is -0.491 e. The molecular formula is C13H14O3. The van der Waals surface area contributed by atoms with Gasteiger partial charge in [-0.1, -0.05) is 0 Å². The number of benzene rings is 1. The SMILES string of the molecule is Cc1cc(=O)c2ccc(OC(C)C)cc2o1. The standard InChI is InChI=1S/C13H14O3/c1-8(2)15-10-4-5-11-12(14)6-9(3)16-13(11)7-10/h4-8H,1-3H3. The predicted octanol–water partition coefficient (Wildman–Crippen LogP) is 2.89. The number of rotatable bonds is 2. The van der Waals surface area contributed by atoms with Crippen molar-refractivity contribution in [1.29, 1.82) is 0 Å². The molecule has 16 heavy (non-hydrogen) atoms. The van der Waals surface area contributed by atoms with Crippen molar-refractivity contribution >= 4 is 11.0 Å². The fourth-order valence-corrected chi connectivity index (χ4v) is 1.60. The van der Waals surface area contributed by atoms with Crippen molar-refractivity contribution in [1.82, 2.24) is 0 Å². The summed E-state index contributed by atoms with van der Waals surface area (Å²) in [7, 11) is 0. The Labute approximate surface area is 93.7 Å². The highest BCUT2D eigenvalue weighted by Gasteiger charge is 2.05. The van der Waals surface area contributed by atoms with Crippen LogP contribution in [-0.2, 0) is 0 Å². The summed E-state index contributed by atoms with van der Waals surface area (Å²) in [6, 6.07) is 6.77. The summed E-state index contributed by atoms with van der Waals surface area (Å²) in [6.07, 6.45) is 0.106. The fourth-order valence-electron chi connectivity index (χ4n) is 1.60. The molecule has 3 heteroatoms. The van der Waals surface area contributed by atoms with Gasteiger partial charge in [-0.25, -0.2) is 0 Å². The molecule has 0 atom stereocenters. The lowest BCUT2D eigenvalue weighted by molar-refractivity contribution is 0.242. The highest BCUT2D eigenvalue weighted by atomic mass is 16.5. The van der Waals surface area contributed by atoms with Gasteiger partial charge in [0, 0.05) is 12.1 Å². The molecule has 0 bridgehead atoms. The zero-order chi connectivity index (χ0) is 11.7. The Hall–Kier alpha value is -1.77. The maximum absolute atomic E-state index is 11.6. The minimum absolute atomic E-state index is 0.0187. The van der Waals surface area contributed by atoms with Crippen molar-refractivity contribution in [3.05, 3.63) is 40.2 Å². The van der Waals surface area contributed by atoms with Crippen LogP contribution in [-0.4, -0.2) is 6.10 Å². The quantitative estimate of drug-likeness (QED) is 0.778. The molecule has 0 saturated carbocycles. The second-order valence-electron chi connectivity index (χ2n) is 4.05. The van der Waals surface area contributed by atoms with Crippen molar-refractivity contribution in [3.8, 4) is 5.75 Å². The molecule has 0 spiro atoms. The lowest BCUT2D eigenvalue weighted by atomic mass is 10.2. The second kappa shape index (κ2) is 4.00. The maximum Gasteiger partial charge on any atom is 0.192 e. The van der Waals surface area contributed by atoms with Gasteiger partial charge in [0.2, 0.25) is 0 Å². The molecule has 1 aromatic heterocycles. The Morgan fingerprint density at radius 2 is 2.00 bits per heavy atom. The molecule has 1 aromatic carbocycles. The molecule has 0 aliphatic carbocycles. The molecule has 0 radical (unpaired) electrons. The molecule has 2 rings (SSSR count). The van der Waals surface area contributed by atoms with Gasteiger partial charge >= 0.3 is 0 Å². The zero-order valence-electron chi connectivity index (χ0n) is 9.61. The van der Waals surface area contributed by atoms with E-state index in [1.165, 1.54) is 6.07 Å². The molecule has 0 saturated heterocycles. The van der Waals surface area contributed by atoms with Gasteiger partial charge in [-0.15, -0.1) is 0 Å². The Morgan fingerprint density at radius 3 is 2.69 bits per heavy atom. The van der Waals surface area contributed by atoms with Crippen molar-refractivity contribution < 1.29 is 9.15 Å². The predicted molar refractivity (Wildman–Crippen MR) is 63.0 cm³/mol. The number of hydrogen-bond donors (Lipinski definition) is 0. The Kier molecular flexibility index (Phi) is 2.69. The first-order valence-corrected chi connectivity index (χ1v) is 5.27. The lowest BCUT2D eigenvalue weighted by Crippen LogP contribution is -2.06. The van der Waals surface area contributed by atoms with Crippen molar-refractivity contribution in [2.75, 3.05) is 0 Å². The summed E-state index contributed by atoms with van der Waals surface area (Å²) in [6.45, 7) is 5.67. The summed E-state index contributed by atoms with van der Waals surface area (Å²) >= 11 is 0. The smallest absolute Gasteiger partial charge is 0.192 e. The lowest BCUT2D eigenvalue weighted by Gasteiger charge is -2.09. The largest absolute Gasteiger partial charge is 0.491 e. The summed E-state index contributed by atoms with van der Waals surface area (Å²) in [5.41, 5.74) is 0.554. The Bertz CT molecular complexity index is 567. The van der Waals surface area contributed by atoms with E-state index < -0.39 is 0 Å². The zero-order valence-corrected chi connectivity index (χ0v) is 9.61. The summed E-state index contributed by atoms with van der Waals surface area (Å²) in [4.78, 5) is 11.6. The van der Waals surface area contributed by atoms with E-state index in [0.717, 1.165) is 5.75 Å². The van der Waals surface area contributed by atoms with Crippen molar-refractivity contribution in [2.45, 2.75) is 26.9 Å². The van der Waals surface area contributed by atoms with E-state index in [1.807, 2.05) is 13.8 Å². The topological polar surface area (TPSA) is 39.4 Å². The first-order valence-electron chi connectivity index (χ1n) is 5.27. The summed E-state index contributed by atoms with van der Waals surface area (Å²) in [5.74, 6) is 1.33. The number of aryl methyl sites for hydroxylation is 1. The van der Waals surface area contributed by atoms with Crippen LogP contribution >= 0.6 is 0 Å². The van der Waals surface area contributed by atoms with Crippen LogP contribution in [0, 0.1) is 6.92 Å². The molecule has 2 aromatic rings. The van der Waals surface area contributed by atoms with Crippen LogP contribution in [0.5, 0.6) is 5.75 Å². The first-order chi connectivity index (χ1) is 7.56. The average molecular weight is 218 g/mol. The molecule has 0 unspecified atom stereocenters. The first kappa shape index (κ1) is 10.7. The third-order valence-electron chi connectivity index (χ3n) is 2.20. The van der Waals surface area contributed by atoms with Crippen LogP contribution in [0.2, 0.25) is 0 Å². The van der Waals surface area contributed by atoms with E-state index in [2.05, 4.69) is 0 Å². The van der Waals surface area contributed by atoms with E-state index in [9.17, 15) is 4.79 Å². The number of ether oxygens (including phenoxy) is 1. The molecule has 3 nitrogen and oxygen atoms in total. The summed E-state index contributed by atoms with van der Waals surface area (Å²) in [5, 5.41) is 0.585. The van der Waals surface area contributed by atoms with Gasteiger partial charge in [0.25, 0.3) is 0 Å². The molecule has 1 heterocycles. The van der Waals surface area contributed by atoms with Gasteiger partial charge in [0.15, 0.2) is 5.43 Å². The maximum atomic E-state index is 11.6. The second-order valence-corrected chi connectivity index (χ2v) is 4.05. The third kappa shape index (κ3) is 2.08. The molecule has 0 aliphatic heterocycles.